The average molecular weight is 252 g/mol. The molecular weight excluding hydrogens is 236 g/mol. The molecule has 0 saturated carbocycles. The molecule has 16 heavy (non-hydrogen) atoms. The molecule has 86 valence electrons. The second kappa shape index (κ2) is 5.06. The molecule has 1 aromatic carbocycles. The van der Waals surface area contributed by atoms with Gasteiger partial charge in [0.15, 0.2) is 0 Å². The van der Waals surface area contributed by atoms with Crippen LogP contribution in [0.3, 0.4) is 0 Å². The van der Waals surface area contributed by atoms with Crippen molar-refractivity contribution in [3.05, 3.63) is 29.3 Å². The fourth-order valence-corrected chi connectivity index (χ4v) is 3.19. The number of hydrogen-bond donors (Lipinski definition) is 2. The molecule has 1 saturated heterocycles. The van der Waals surface area contributed by atoms with Crippen LogP contribution in [0, 0.1) is 6.92 Å². The van der Waals surface area contributed by atoms with E-state index < -0.39 is 0 Å². The normalized spacial score (nSPS) is 19.7. The number of nitrogens with one attached hydrogen (secondary N) is 1. The topological polar surface area (TPSA) is 38.0 Å². The van der Waals surface area contributed by atoms with Crippen LogP contribution in [0.4, 0.5) is 5.69 Å². The van der Waals surface area contributed by atoms with E-state index in [1.165, 1.54) is 23.5 Å². The molecule has 1 aliphatic rings. The predicted octanol–water partition coefficient (Wildman–Crippen LogP) is 2.55. The van der Waals surface area contributed by atoms with E-state index in [0.29, 0.717) is 11.0 Å². The first-order valence-corrected chi connectivity index (χ1v) is 6.98. The molecule has 1 aliphatic heterocycles. The lowest BCUT2D eigenvalue weighted by molar-refractivity contribution is 0.812. The molecule has 0 aromatic heterocycles. The molecule has 1 unspecified atom stereocenters. The van der Waals surface area contributed by atoms with Crippen LogP contribution in [-0.4, -0.2) is 22.5 Å². The van der Waals surface area contributed by atoms with Crippen molar-refractivity contribution in [1.82, 2.24) is 0 Å². The third-order valence-electron chi connectivity index (χ3n) is 2.73. The summed E-state index contributed by atoms with van der Waals surface area (Å²) in [5.41, 5.74) is 8.99. The zero-order valence-electron chi connectivity index (χ0n) is 9.32. The largest absolute Gasteiger partial charge is 0.389 e. The van der Waals surface area contributed by atoms with E-state index >= 15 is 0 Å². The van der Waals surface area contributed by atoms with Crippen molar-refractivity contribution in [2.45, 2.75) is 19.4 Å². The van der Waals surface area contributed by atoms with Crippen LogP contribution >= 0.6 is 24.0 Å². The summed E-state index contributed by atoms with van der Waals surface area (Å²) in [5.74, 6) is 2.41. The first kappa shape index (κ1) is 11.7. The monoisotopic (exact) mass is 252 g/mol. The number of rotatable bonds is 3. The summed E-state index contributed by atoms with van der Waals surface area (Å²) in [6.45, 7) is 2.08. The maximum absolute atomic E-state index is 5.73. The smallest absolute Gasteiger partial charge is 0.106 e. The molecule has 4 heteroatoms. The van der Waals surface area contributed by atoms with E-state index in [9.17, 15) is 0 Å². The van der Waals surface area contributed by atoms with Crippen LogP contribution in [0.5, 0.6) is 0 Å². The molecule has 0 aliphatic carbocycles. The van der Waals surface area contributed by atoms with Crippen LogP contribution in [0.25, 0.3) is 0 Å². The zero-order valence-corrected chi connectivity index (χ0v) is 11.0. The van der Waals surface area contributed by atoms with E-state index in [1.807, 2.05) is 23.9 Å². The van der Waals surface area contributed by atoms with Crippen molar-refractivity contribution in [1.29, 1.82) is 0 Å². The first-order chi connectivity index (χ1) is 7.66. The summed E-state index contributed by atoms with van der Waals surface area (Å²) in [6.07, 6.45) is 1.22. The average Bonchev–Trinajstić information content (AvgIpc) is 2.70. The third-order valence-corrected chi connectivity index (χ3v) is 4.11. The molecule has 1 aromatic rings. The van der Waals surface area contributed by atoms with Gasteiger partial charge in [0.25, 0.3) is 0 Å². The first-order valence-electron chi connectivity index (χ1n) is 5.41. The van der Waals surface area contributed by atoms with Crippen LogP contribution in [0.2, 0.25) is 0 Å². The van der Waals surface area contributed by atoms with Gasteiger partial charge in [0, 0.05) is 23.0 Å². The van der Waals surface area contributed by atoms with Gasteiger partial charge in [-0.2, -0.15) is 11.8 Å². The van der Waals surface area contributed by atoms with Gasteiger partial charge in [-0.1, -0.05) is 18.3 Å². The maximum Gasteiger partial charge on any atom is 0.106 e. The zero-order chi connectivity index (χ0) is 11.5. The lowest BCUT2D eigenvalue weighted by Crippen LogP contribution is -2.21. The minimum Gasteiger partial charge on any atom is -0.389 e. The summed E-state index contributed by atoms with van der Waals surface area (Å²) >= 11 is 7.06. The standard InChI is InChI=1S/C12H16N2S2/c1-8-2-3-10(12(13)15)11(6-8)14-9-4-5-16-7-9/h2-3,6,9,14H,4-5,7H2,1H3,(H2,13,15). The Morgan fingerprint density at radius 2 is 2.38 bits per heavy atom. The fraction of sp³-hybridized carbons (Fsp3) is 0.417. The van der Waals surface area contributed by atoms with E-state index in [4.69, 9.17) is 18.0 Å². The Bertz CT molecular complexity index is 398. The Hall–Kier alpha value is -0.740. The summed E-state index contributed by atoms with van der Waals surface area (Å²) < 4.78 is 0. The van der Waals surface area contributed by atoms with Gasteiger partial charge in [0.05, 0.1) is 0 Å². The van der Waals surface area contributed by atoms with Crippen molar-refractivity contribution >= 4 is 34.7 Å². The summed E-state index contributed by atoms with van der Waals surface area (Å²) in [5, 5.41) is 3.54. The molecule has 2 rings (SSSR count). The minimum atomic E-state index is 0.466. The van der Waals surface area contributed by atoms with Gasteiger partial charge in [-0.25, -0.2) is 0 Å². The Morgan fingerprint density at radius 1 is 1.56 bits per heavy atom. The quantitative estimate of drug-likeness (QED) is 0.811. The number of aryl methyl sites for hydroxylation is 1. The van der Waals surface area contributed by atoms with Crippen molar-refractivity contribution in [2.24, 2.45) is 5.73 Å². The Kier molecular flexibility index (Phi) is 3.71. The Labute approximate surface area is 106 Å². The van der Waals surface area contributed by atoms with Crippen LogP contribution in [-0.2, 0) is 0 Å². The van der Waals surface area contributed by atoms with Gasteiger partial charge in [0.1, 0.15) is 4.99 Å². The predicted molar refractivity (Wildman–Crippen MR) is 76.4 cm³/mol. The molecule has 1 atom stereocenters. The number of anilines is 1. The molecule has 0 radical (unpaired) electrons. The van der Waals surface area contributed by atoms with Gasteiger partial charge in [0.2, 0.25) is 0 Å². The van der Waals surface area contributed by atoms with Gasteiger partial charge in [-0.3, -0.25) is 0 Å². The maximum atomic E-state index is 5.73. The molecule has 0 bridgehead atoms. The second-order valence-electron chi connectivity index (χ2n) is 4.12. The number of thioether (sulfide) groups is 1. The highest BCUT2D eigenvalue weighted by Gasteiger charge is 2.16. The van der Waals surface area contributed by atoms with Gasteiger partial charge in [-0.15, -0.1) is 0 Å². The summed E-state index contributed by atoms with van der Waals surface area (Å²) in [6, 6.07) is 6.72. The Morgan fingerprint density at radius 3 is 3.00 bits per heavy atom. The molecule has 3 N–H and O–H groups in total. The number of hydrogen-bond acceptors (Lipinski definition) is 3. The lowest BCUT2D eigenvalue weighted by Gasteiger charge is -2.16. The molecule has 1 heterocycles. The number of benzene rings is 1. The molecular formula is C12H16N2S2. The van der Waals surface area contributed by atoms with Gasteiger partial charge >= 0.3 is 0 Å². The van der Waals surface area contributed by atoms with E-state index in [2.05, 4.69) is 18.3 Å². The number of nitrogens with two attached hydrogens (primary N) is 1. The van der Waals surface area contributed by atoms with E-state index in [-0.39, 0.29) is 0 Å². The van der Waals surface area contributed by atoms with Crippen LogP contribution < -0.4 is 11.1 Å². The van der Waals surface area contributed by atoms with Crippen molar-refractivity contribution in [2.75, 3.05) is 16.8 Å². The molecule has 0 spiro atoms. The third kappa shape index (κ3) is 2.68. The SMILES string of the molecule is Cc1ccc(C(N)=S)c(NC2CCSC2)c1. The van der Waals surface area contributed by atoms with Crippen LogP contribution in [0.15, 0.2) is 18.2 Å². The summed E-state index contributed by atoms with van der Waals surface area (Å²) in [4.78, 5) is 0.466. The fourth-order valence-electron chi connectivity index (χ4n) is 1.86. The van der Waals surface area contributed by atoms with Gasteiger partial charge < -0.3 is 11.1 Å². The molecule has 1 fully saturated rings. The highest BCUT2D eigenvalue weighted by molar-refractivity contribution is 7.99. The second-order valence-corrected chi connectivity index (χ2v) is 5.71. The number of thiocarbonyl (C=S) groups is 1. The highest BCUT2D eigenvalue weighted by atomic mass is 32.2. The van der Waals surface area contributed by atoms with Crippen LogP contribution in [0.1, 0.15) is 17.5 Å². The molecule has 0 amide bonds. The Balaban J connectivity index is 2.22. The minimum absolute atomic E-state index is 0.466. The van der Waals surface area contributed by atoms with Gasteiger partial charge in [-0.05, 0) is 36.8 Å². The summed E-state index contributed by atoms with van der Waals surface area (Å²) in [7, 11) is 0. The molecule has 2 nitrogen and oxygen atoms in total. The van der Waals surface area contributed by atoms with E-state index in [0.717, 1.165) is 11.3 Å². The van der Waals surface area contributed by atoms with Crippen molar-refractivity contribution in [3.63, 3.8) is 0 Å². The van der Waals surface area contributed by atoms with E-state index in [1.54, 1.807) is 0 Å². The lowest BCUT2D eigenvalue weighted by atomic mass is 10.1. The highest BCUT2D eigenvalue weighted by Crippen LogP contribution is 2.24. The van der Waals surface area contributed by atoms with Crippen molar-refractivity contribution < 1.29 is 0 Å². The van der Waals surface area contributed by atoms with Crippen molar-refractivity contribution in [3.8, 4) is 0 Å².